The van der Waals surface area contributed by atoms with Gasteiger partial charge in [0.2, 0.25) is 0 Å². The molecule has 2 rings (SSSR count). The second-order valence-corrected chi connectivity index (χ2v) is 6.09. The van der Waals surface area contributed by atoms with Crippen LogP contribution in [0.2, 0.25) is 0 Å². The van der Waals surface area contributed by atoms with Crippen molar-refractivity contribution in [2.75, 3.05) is 11.9 Å². The van der Waals surface area contributed by atoms with Crippen LogP contribution in [0.15, 0.2) is 60.7 Å². The Morgan fingerprint density at radius 1 is 1.16 bits per heavy atom. The zero-order valence-corrected chi connectivity index (χ0v) is 15.0. The molecule has 1 N–H and O–H groups in total. The van der Waals surface area contributed by atoms with Crippen LogP contribution in [0.1, 0.15) is 25.8 Å². The summed E-state index contributed by atoms with van der Waals surface area (Å²) in [5.41, 5.74) is 2.76. The van der Waals surface area contributed by atoms with Gasteiger partial charge in [0, 0.05) is 11.8 Å². The molecule has 0 saturated heterocycles. The van der Waals surface area contributed by atoms with Crippen LogP contribution >= 0.6 is 0 Å². The van der Waals surface area contributed by atoms with Gasteiger partial charge in [0.1, 0.15) is 18.1 Å². The molecule has 1 atom stereocenters. The van der Waals surface area contributed by atoms with Crippen molar-refractivity contribution in [1.29, 1.82) is 0 Å². The Labute approximate surface area is 149 Å². The second-order valence-electron chi connectivity index (χ2n) is 6.09. The van der Waals surface area contributed by atoms with Gasteiger partial charge in [0.25, 0.3) is 5.91 Å². The highest BCUT2D eigenvalue weighted by atomic mass is 16.5. The van der Waals surface area contributed by atoms with E-state index < -0.39 is 6.10 Å². The Morgan fingerprint density at radius 2 is 1.88 bits per heavy atom. The molecule has 0 heterocycles. The monoisotopic (exact) mass is 339 g/mol. The van der Waals surface area contributed by atoms with Crippen molar-refractivity contribution in [1.82, 2.24) is 0 Å². The van der Waals surface area contributed by atoms with Crippen LogP contribution in [0.25, 0.3) is 0 Å². The first kappa shape index (κ1) is 18.6. The van der Waals surface area contributed by atoms with Crippen molar-refractivity contribution in [3.63, 3.8) is 0 Å². The molecule has 0 aliphatic rings. The van der Waals surface area contributed by atoms with E-state index >= 15 is 0 Å². The lowest BCUT2D eigenvalue weighted by atomic mass is 10.2. The van der Waals surface area contributed by atoms with Gasteiger partial charge in [-0.1, -0.05) is 37.3 Å². The minimum atomic E-state index is -0.553. The molecule has 0 aliphatic heterocycles. The standard InChI is InChI=1S/C21H25NO3/c1-5-20(25-18-11-9-16(4)10-12-18)21(23)22-17-7-6-8-19(13-17)24-14-15(2)3/h6-13,20H,2,5,14H2,1,3-4H3,(H,22,23). The van der Waals surface area contributed by atoms with E-state index in [1.807, 2.05) is 63.2 Å². The number of amides is 1. The Bertz CT molecular complexity index is 722. The summed E-state index contributed by atoms with van der Waals surface area (Å²) in [6.07, 6.45) is 0.0219. The fourth-order valence-corrected chi connectivity index (χ4v) is 2.20. The number of carbonyl (C=O) groups is 1. The quantitative estimate of drug-likeness (QED) is 0.706. The second kappa shape index (κ2) is 8.92. The molecule has 0 spiro atoms. The molecule has 132 valence electrons. The summed E-state index contributed by atoms with van der Waals surface area (Å²) in [7, 11) is 0. The van der Waals surface area contributed by atoms with Gasteiger partial charge in [-0.2, -0.15) is 0 Å². The largest absolute Gasteiger partial charge is 0.489 e. The van der Waals surface area contributed by atoms with Crippen LogP contribution < -0.4 is 14.8 Å². The molecule has 4 heteroatoms. The first-order chi connectivity index (χ1) is 12.0. The van der Waals surface area contributed by atoms with Gasteiger partial charge in [0.15, 0.2) is 6.10 Å². The van der Waals surface area contributed by atoms with Gasteiger partial charge in [-0.05, 0) is 50.1 Å². The van der Waals surface area contributed by atoms with Crippen molar-refractivity contribution in [2.45, 2.75) is 33.3 Å². The summed E-state index contributed by atoms with van der Waals surface area (Å²) < 4.78 is 11.4. The SMILES string of the molecule is C=C(C)COc1cccc(NC(=O)C(CC)Oc2ccc(C)cc2)c1. The summed E-state index contributed by atoms with van der Waals surface area (Å²) >= 11 is 0. The molecule has 0 saturated carbocycles. The van der Waals surface area contributed by atoms with Crippen LogP contribution in [0, 0.1) is 6.92 Å². The van der Waals surface area contributed by atoms with Gasteiger partial charge < -0.3 is 14.8 Å². The van der Waals surface area contributed by atoms with Crippen molar-refractivity contribution in [3.05, 3.63) is 66.2 Å². The lowest BCUT2D eigenvalue weighted by Crippen LogP contribution is -2.32. The molecule has 0 aliphatic carbocycles. The summed E-state index contributed by atoms with van der Waals surface area (Å²) in [6.45, 7) is 10.1. The lowest BCUT2D eigenvalue weighted by Gasteiger charge is -2.17. The average molecular weight is 339 g/mol. The van der Waals surface area contributed by atoms with Crippen LogP contribution in [-0.2, 0) is 4.79 Å². The van der Waals surface area contributed by atoms with E-state index in [2.05, 4.69) is 11.9 Å². The van der Waals surface area contributed by atoms with Crippen LogP contribution in [0.3, 0.4) is 0 Å². The average Bonchev–Trinajstić information content (AvgIpc) is 2.59. The van der Waals surface area contributed by atoms with E-state index in [-0.39, 0.29) is 5.91 Å². The fraction of sp³-hybridized carbons (Fsp3) is 0.286. The van der Waals surface area contributed by atoms with Gasteiger partial charge >= 0.3 is 0 Å². The molecule has 1 unspecified atom stereocenters. The maximum absolute atomic E-state index is 12.5. The van der Waals surface area contributed by atoms with Gasteiger partial charge in [0.05, 0.1) is 0 Å². The minimum Gasteiger partial charge on any atom is -0.489 e. The zero-order chi connectivity index (χ0) is 18.2. The van der Waals surface area contributed by atoms with E-state index in [4.69, 9.17) is 9.47 Å². The van der Waals surface area contributed by atoms with Gasteiger partial charge in [-0.25, -0.2) is 0 Å². The number of nitrogens with one attached hydrogen (secondary N) is 1. The lowest BCUT2D eigenvalue weighted by molar-refractivity contribution is -0.122. The van der Waals surface area contributed by atoms with E-state index in [9.17, 15) is 4.79 Å². The molecule has 1 amide bonds. The third kappa shape index (κ3) is 5.99. The van der Waals surface area contributed by atoms with Crippen molar-refractivity contribution >= 4 is 11.6 Å². The van der Waals surface area contributed by atoms with E-state index in [0.29, 0.717) is 30.2 Å². The molecular formula is C21H25NO3. The Balaban J connectivity index is 2.00. The Hall–Kier alpha value is -2.75. The zero-order valence-electron chi connectivity index (χ0n) is 15.0. The predicted octanol–water partition coefficient (Wildman–Crippen LogP) is 4.75. The maximum Gasteiger partial charge on any atom is 0.265 e. The highest BCUT2D eigenvalue weighted by Crippen LogP contribution is 2.20. The number of hydrogen-bond donors (Lipinski definition) is 1. The number of aryl methyl sites for hydroxylation is 1. The third-order valence-corrected chi connectivity index (χ3v) is 3.55. The van der Waals surface area contributed by atoms with E-state index in [0.717, 1.165) is 11.1 Å². The van der Waals surface area contributed by atoms with E-state index in [1.165, 1.54) is 0 Å². The maximum atomic E-state index is 12.5. The third-order valence-electron chi connectivity index (χ3n) is 3.55. The van der Waals surface area contributed by atoms with Crippen molar-refractivity contribution < 1.29 is 14.3 Å². The molecule has 2 aromatic rings. The number of carbonyl (C=O) groups excluding carboxylic acids is 1. The molecule has 25 heavy (non-hydrogen) atoms. The molecule has 0 radical (unpaired) electrons. The van der Waals surface area contributed by atoms with E-state index in [1.54, 1.807) is 6.07 Å². The Morgan fingerprint density at radius 3 is 2.52 bits per heavy atom. The molecule has 4 nitrogen and oxygen atoms in total. The van der Waals surface area contributed by atoms with Crippen molar-refractivity contribution in [3.8, 4) is 11.5 Å². The topological polar surface area (TPSA) is 47.6 Å². The smallest absolute Gasteiger partial charge is 0.265 e. The number of anilines is 1. The van der Waals surface area contributed by atoms with Gasteiger partial charge in [-0.15, -0.1) is 0 Å². The first-order valence-electron chi connectivity index (χ1n) is 8.39. The molecule has 0 bridgehead atoms. The number of hydrogen-bond acceptors (Lipinski definition) is 3. The number of rotatable bonds is 8. The van der Waals surface area contributed by atoms with Crippen LogP contribution in [0.5, 0.6) is 11.5 Å². The predicted molar refractivity (Wildman–Crippen MR) is 101 cm³/mol. The summed E-state index contributed by atoms with van der Waals surface area (Å²) in [4.78, 5) is 12.5. The first-order valence-corrected chi connectivity index (χ1v) is 8.39. The van der Waals surface area contributed by atoms with Crippen LogP contribution in [0.4, 0.5) is 5.69 Å². The highest BCUT2D eigenvalue weighted by molar-refractivity contribution is 5.94. The van der Waals surface area contributed by atoms with Gasteiger partial charge in [-0.3, -0.25) is 4.79 Å². The summed E-state index contributed by atoms with van der Waals surface area (Å²) in [5, 5.41) is 2.89. The fourth-order valence-electron chi connectivity index (χ4n) is 2.20. The summed E-state index contributed by atoms with van der Waals surface area (Å²) in [6, 6.07) is 15.0. The number of ether oxygens (including phenoxy) is 2. The highest BCUT2D eigenvalue weighted by Gasteiger charge is 2.18. The molecule has 0 aromatic heterocycles. The van der Waals surface area contributed by atoms with Crippen molar-refractivity contribution in [2.24, 2.45) is 0 Å². The minimum absolute atomic E-state index is 0.180. The normalized spacial score (nSPS) is 11.5. The Kier molecular flexibility index (Phi) is 6.63. The summed E-state index contributed by atoms with van der Waals surface area (Å²) in [5.74, 6) is 1.19. The molecule has 0 fully saturated rings. The number of benzene rings is 2. The molecule has 2 aromatic carbocycles. The molecular weight excluding hydrogens is 314 g/mol. The van der Waals surface area contributed by atoms with Crippen LogP contribution in [-0.4, -0.2) is 18.6 Å².